The lowest BCUT2D eigenvalue weighted by atomic mass is 10.2. The minimum Gasteiger partial charge on any atom is -0.486 e. The van der Waals surface area contributed by atoms with E-state index >= 15 is 0 Å². The fourth-order valence-electron chi connectivity index (χ4n) is 1.56. The first-order valence-electron chi connectivity index (χ1n) is 5.58. The molecule has 2 aromatic carbocycles. The van der Waals surface area contributed by atoms with Gasteiger partial charge in [0.15, 0.2) is 11.6 Å². The van der Waals surface area contributed by atoms with Crippen molar-refractivity contribution in [2.24, 2.45) is 0 Å². The maximum Gasteiger partial charge on any atom is 0.261 e. The highest BCUT2D eigenvalue weighted by atomic mass is 35.7. The van der Waals surface area contributed by atoms with Crippen molar-refractivity contribution in [3.63, 3.8) is 0 Å². The van der Waals surface area contributed by atoms with Gasteiger partial charge in [-0.25, -0.2) is 21.6 Å². The Labute approximate surface area is 123 Å². The predicted molar refractivity (Wildman–Crippen MR) is 70.1 cm³/mol. The van der Waals surface area contributed by atoms with Crippen molar-refractivity contribution >= 4 is 19.7 Å². The smallest absolute Gasteiger partial charge is 0.261 e. The molecule has 0 saturated carbocycles. The van der Waals surface area contributed by atoms with Gasteiger partial charge in [0.2, 0.25) is 0 Å². The third-order valence-electron chi connectivity index (χ3n) is 2.58. The maximum absolute atomic E-state index is 13.6. The van der Waals surface area contributed by atoms with Crippen molar-refractivity contribution in [3.05, 3.63) is 59.4 Å². The van der Waals surface area contributed by atoms with Crippen LogP contribution >= 0.6 is 10.7 Å². The third kappa shape index (κ3) is 3.89. The summed E-state index contributed by atoms with van der Waals surface area (Å²) in [5.74, 6) is -2.63. The Bertz CT molecular complexity index is 778. The zero-order chi connectivity index (χ0) is 15.6. The molecule has 3 nitrogen and oxygen atoms in total. The second kappa shape index (κ2) is 5.95. The molecule has 0 aliphatic heterocycles. The summed E-state index contributed by atoms with van der Waals surface area (Å²) in [5, 5.41) is 0. The van der Waals surface area contributed by atoms with Gasteiger partial charge < -0.3 is 4.74 Å². The molecule has 0 atom stereocenters. The highest BCUT2D eigenvalue weighted by Crippen LogP contribution is 2.24. The highest BCUT2D eigenvalue weighted by molar-refractivity contribution is 8.13. The minimum atomic E-state index is -4.05. The van der Waals surface area contributed by atoms with Gasteiger partial charge in [-0.15, -0.1) is 0 Å². The normalized spacial score (nSPS) is 11.4. The van der Waals surface area contributed by atoms with Crippen LogP contribution in [0.5, 0.6) is 5.75 Å². The molecule has 0 radical (unpaired) electrons. The summed E-state index contributed by atoms with van der Waals surface area (Å²) < 4.78 is 67.0. The van der Waals surface area contributed by atoms with Gasteiger partial charge in [0.1, 0.15) is 18.2 Å². The van der Waals surface area contributed by atoms with E-state index in [0.717, 1.165) is 30.3 Å². The monoisotopic (exact) mass is 336 g/mol. The van der Waals surface area contributed by atoms with Crippen molar-refractivity contribution in [2.75, 3.05) is 0 Å². The van der Waals surface area contributed by atoms with Gasteiger partial charge in [0.25, 0.3) is 9.05 Å². The molecule has 2 aromatic rings. The highest BCUT2D eigenvalue weighted by Gasteiger charge is 2.14. The Hall–Kier alpha value is -1.73. The third-order valence-corrected chi connectivity index (χ3v) is 3.93. The average molecular weight is 337 g/mol. The van der Waals surface area contributed by atoms with E-state index in [1.807, 2.05) is 0 Å². The van der Waals surface area contributed by atoms with Crippen molar-refractivity contribution in [3.8, 4) is 5.75 Å². The van der Waals surface area contributed by atoms with E-state index < -0.39 is 38.0 Å². The van der Waals surface area contributed by atoms with Crippen LogP contribution in [-0.2, 0) is 15.7 Å². The van der Waals surface area contributed by atoms with E-state index in [2.05, 4.69) is 0 Å². The molecule has 0 fully saturated rings. The van der Waals surface area contributed by atoms with Crippen LogP contribution in [-0.4, -0.2) is 8.42 Å². The van der Waals surface area contributed by atoms with Crippen LogP contribution in [0.3, 0.4) is 0 Å². The summed E-state index contributed by atoms with van der Waals surface area (Å²) in [6.45, 7) is -0.409. The summed E-state index contributed by atoms with van der Waals surface area (Å²) >= 11 is 0. The van der Waals surface area contributed by atoms with E-state index in [9.17, 15) is 21.6 Å². The standard InChI is InChI=1S/C13H8ClF3O3S/c14-21(18,19)10-2-4-13(12(17)6-10)20-7-8-5-9(15)1-3-11(8)16/h1-6H,7H2. The summed E-state index contributed by atoms with van der Waals surface area (Å²) in [7, 11) is 1.01. The summed E-state index contributed by atoms with van der Waals surface area (Å²) in [4.78, 5) is -0.425. The molecule has 112 valence electrons. The first-order valence-corrected chi connectivity index (χ1v) is 7.89. The molecule has 2 rings (SSSR count). The van der Waals surface area contributed by atoms with Gasteiger partial charge in [0.05, 0.1) is 4.90 Å². The van der Waals surface area contributed by atoms with Crippen LogP contribution in [0.25, 0.3) is 0 Å². The number of hydrogen-bond donors (Lipinski definition) is 0. The summed E-state index contributed by atoms with van der Waals surface area (Å²) in [6, 6.07) is 5.56. The molecule has 0 unspecified atom stereocenters. The number of rotatable bonds is 4. The first kappa shape index (κ1) is 15.7. The molecule has 0 aliphatic rings. The zero-order valence-electron chi connectivity index (χ0n) is 10.3. The fraction of sp³-hybridized carbons (Fsp3) is 0.0769. The number of halogens is 4. The lowest BCUT2D eigenvalue weighted by Gasteiger charge is -2.09. The molecule has 0 saturated heterocycles. The van der Waals surface area contributed by atoms with Crippen molar-refractivity contribution in [1.29, 1.82) is 0 Å². The van der Waals surface area contributed by atoms with Crippen LogP contribution in [0.15, 0.2) is 41.3 Å². The first-order chi connectivity index (χ1) is 9.77. The van der Waals surface area contributed by atoms with E-state index in [4.69, 9.17) is 15.4 Å². The van der Waals surface area contributed by atoms with E-state index in [1.54, 1.807) is 0 Å². The Morgan fingerprint density at radius 2 is 1.71 bits per heavy atom. The fourth-order valence-corrected chi connectivity index (χ4v) is 2.32. The second-order valence-electron chi connectivity index (χ2n) is 4.05. The van der Waals surface area contributed by atoms with E-state index in [-0.39, 0.29) is 11.3 Å². The SMILES string of the molecule is O=S(=O)(Cl)c1ccc(OCc2cc(F)ccc2F)c(F)c1. The topological polar surface area (TPSA) is 43.4 Å². The molecule has 0 aliphatic carbocycles. The van der Waals surface area contributed by atoms with Crippen LogP contribution in [0, 0.1) is 17.5 Å². The van der Waals surface area contributed by atoms with Crippen LogP contribution < -0.4 is 4.74 Å². The Balaban J connectivity index is 2.19. The lowest BCUT2D eigenvalue weighted by molar-refractivity contribution is 0.283. The molecule has 0 bridgehead atoms. The van der Waals surface area contributed by atoms with Crippen LogP contribution in [0.1, 0.15) is 5.56 Å². The maximum atomic E-state index is 13.6. The van der Waals surface area contributed by atoms with E-state index in [1.165, 1.54) is 0 Å². The summed E-state index contributed by atoms with van der Waals surface area (Å²) in [6.07, 6.45) is 0. The summed E-state index contributed by atoms with van der Waals surface area (Å²) in [5.41, 5.74) is -0.0940. The van der Waals surface area contributed by atoms with Crippen LogP contribution in [0.4, 0.5) is 13.2 Å². The van der Waals surface area contributed by atoms with Gasteiger partial charge in [-0.3, -0.25) is 0 Å². The minimum absolute atomic E-state index is 0.0940. The van der Waals surface area contributed by atoms with Gasteiger partial charge >= 0.3 is 0 Å². The molecule has 0 aromatic heterocycles. The number of hydrogen-bond acceptors (Lipinski definition) is 3. The lowest BCUT2D eigenvalue weighted by Crippen LogP contribution is -2.01. The molecule has 0 amide bonds. The zero-order valence-corrected chi connectivity index (χ0v) is 11.9. The number of benzene rings is 2. The van der Waals surface area contributed by atoms with Gasteiger partial charge in [0, 0.05) is 16.2 Å². The molecular formula is C13H8ClF3O3S. The van der Waals surface area contributed by atoms with Crippen molar-refractivity contribution in [2.45, 2.75) is 11.5 Å². The van der Waals surface area contributed by atoms with Gasteiger partial charge in [-0.1, -0.05) is 0 Å². The Morgan fingerprint density at radius 3 is 2.33 bits per heavy atom. The van der Waals surface area contributed by atoms with Crippen molar-refractivity contribution < 1.29 is 26.3 Å². The number of ether oxygens (including phenoxy) is 1. The Morgan fingerprint density at radius 1 is 1.00 bits per heavy atom. The molecule has 0 spiro atoms. The second-order valence-corrected chi connectivity index (χ2v) is 6.62. The van der Waals surface area contributed by atoms with Crippen molar-refractivity contribution in [1.82, 2.24) is 0 Å². The average Bonchev–Trinajstić information content (AvgIpc) is 2.40. The van der Waals surface area contributed by atoms with Crippen LogP contribution in [0.2, 0.25) is 0 Å². The molecule has 0 N–H and O–H groups in total. The predicted octanol–water partition coefficient (Wildman–Crippen LogP) is 3.61. The molecule has 21 heavy (non-hydrogen) atoms. The molecule has 8 heteroatoms. The van der Waals surface area contributed by atoms with Gasteiger partial charge in [-0.2, -0.15) is 0 Å². The molecule has 0 heterocycles. The molecular weight excluding hydrogens is 329 g/mol. The largest absolute Gasteiger partial charge is 0.486 e. The Kier molecular flexibility index (Phi) is 4.43. The van der Waals surface area contributed by atoms with Gasteiger partial charge in [-0.05, 0) is 36.4 Å². The quantitative estimate of drug-likeness (QED) is 0.801. The van der Waals surface area contributed by atoms with E-state index in [0.29, 0.717) is 6.07 Å².